The Morgan fingerprint density at radius 1 is 1.07 bits per heavy atom. The fourth-order valence-electron chi connectivity index (χ4n) is 3.09. The zero-order valence-corrected chi connectivity index (χ0v) is 15.7. The van der Waals surface area contributed by atoms with Gasteiger partial charge in [-0.05, 0) is 29.5 Å². The average Bonchev–Trinajstić information content (AvgIpc) is 3.20. The van der Waals surface area contributed by atoms with Crippen molar-refractivity contribution in [1.29, 1.82) is 0 Å². The molecule has 1 aliphatic heterocycles. The molecule has 0 atom stereocenters. The summed E-state index contributed by atoms with van der Waals surface area (Å²) in [5.74, 6) is -0.501. The van der Waals surface area contributed by atoms with Gasteiger partial charge < -0.3 is 9.88 Å². The van der Waals surface area contributed by atoms with Crippen LogP contribution in [0.5, 0.6) is 0 Å². The highest BCUT2D eigenvalue weighted by atomic mass is 32.2. The number of nitrogens with zero attached hydrogens (tertiary/aromatic N) is 1. The van der Waals surface area contributed by atoms with E-state index in [1.54, 1.807) is 6.08 Å². The zero-order valence-electron chi connectivity index (χ0n) is 14.8. The van der Waals surface area contributed by atoms with Crippen LogP contribution in [0.25, 0.3) is 17.0 Å². The van der Waals surface area contributed by atoms with E-state index in [-0.39, 0.29) is 17.7 Å². The Morgan fingerprint density at radius 3 is 2.57 bits per heavy atom. The quantitative estimate of drug-likeness (QED) is 0.654. The minimum absolute atomic E-state index is 0.105. The van der Waals surface area contributed by atoms with E-state index in [2.05, 4.69) is 10.6 Å². The number of hydrogen-bond acceptors (Lipinski definition) is 4. The van der Waals surface area contributed by atoms with Crippen LogP contribution in [0.3, 0.4) is 0 Å². The Morgan fingerprint density at radius 2 is 1.82 bits per heavy atom. The van der Waals surface area contributed by atoms with Crippen LogP contribution >= 0.6 is 11.8 Å². The van der Waals surface area contributed by atoms with Crippen LogP contribution in [0.1, 0.15) is 11.1 Å². The largest absolute Gasteiger partial charge is 0.350 e. The van der Waals surface area contributed by atoms with Gasteiger partial charge in [-0.15, -0.1) is 0 Å². The maximum Gasteiger partial charge on any atom is 0.290 e. The summed E-state index contributed by atoms with van der Waals surface area (Å²) in [6, 6.07) is 17.4. The van der Waals surface area contributed by atoms with Gasteiger partial charge >= 0.3 is 0 Å². The summed E-state index contributed by atoms with van der Waals surface area (Å²) in [5.41, 5.74) is 2.71. The first-order valence-corrected chi connectivity index (χ1v) is 9.55. The van der Waals surface area contributed by atoms with Crippen molar-refractivity contribution >= 4 is 45.8 Å². The highest BCUT2D eigenvalue weighted by Gasteiger charge is 2.25. The molecule has 2 heterocycles. The van der Waals surface area contributed by atoms with Crippen molar-refractivity contribution in [1.82, 2.24) is 15.2 Å². The molecule has 140 valence electrons. The Hall–Kier alpha value is -3.32. The predicted octanol–water partition coefficient (Wildman–Crippen LogP) is 3.28. The molecule has 4 rings (SSSR count). The number of nitrogens with one attached hydrogen (secondary N) is 2. The maximum atomic E-state index is 12.4. The van der Waals surface area contributed by atoms with Crippen LogP contribution < -0.4 is 10.6 Å². The first-order chi connectivity index (χ1) is 13.6. The van der Waals surface area contributed by atoms with E-state index in [1.807, 2.05) is 65.4 Å². The number of fused-ring (bicyclic) bond motifs is 1. The zero-order chi connectivity index (χ0) is 19.5. The number of para-hydroxylation sites is 1. The second-order valence-electron chi connectivity index (χ2n) is 6.34. The van der Waals surface area contributed by atoms with E-state index in [0.29, 0.717) is 11.4 Å². The summed E-state index contributed by atoms with van der Waals surface area (Å²) < 4.78 is 1.85. The molecule has 0 bridgehead atoms. The van der Waals surface area contributed by atoms with Gasteiger partial charge in [0.15, 0.2) is 0 Å². The predicted molar refractivity (Wildman–Crippen MR) is 109 cm³/mol. The minimum Gasteiger partial charge on any atom is -0.350 e. The summed E-state index contributed by atoms with van der Waals surface area (Å²) >= 11 is 0.879. The molecular formula is C21H17N3O3S. The molecule has 1 saturated heterocycles. The van der Waals surface area contributed by atoms with Crippen molar-refractivity contribution in [3.63, 3.8) is 0 Å². The molecule has 2 N–H and O–H groups in total. The minimum atomic E-state index is -0.396. The van der Waals surface area contributed by atoms with E-state index in [4.69, 9.17) is 0 Å². The molecule has 7 heteroatoms. The third-order valence-electron chi connectivity index (χ3n) is 4.39. The molecule has 6 nitrogen and oxygen atoms in total. The summed E-state index contributed by atoms with van der Waals surface area (Å²) in [7, 11) is 0. The lowest BCUT2D eigenvalue weighted by Crippen LogP contribution is -2.26. The van der Waals surface area contributed by atoms with Gasteiger partial charge in [-0.1, -0.05) is 48.5 Å². The number of carbonyl (C=O) groups is 3. The van der Waals surface area contributed by atoms with Gasteiger partial charge in [-0.3, -0.25) is 19.7 Å². The highest BCUT2D eigenvalue weighted by Crippen LogP contribution is 2.29. The number of amides is 3. The van der Waals surface area contributed by atoms with Crippen LogP contribution in [0.4, 0.5) is 4.79 Å². The molecule has 3 amide bonds. The van der Waals surface area contributed by atoms with Gasteiger partial charge in [0.25, 0.3) is 11.1 Å². The van der Waals surface area contributed by atoms with Crippen LogP contribution in [0.2, 0.25) is 0 Å². The van der Waals surface area contributed by atoms with Gasteiger partial charge in [0, 0.05) is 29.2 Å². The van der Waals surface area contributed by atoms with Crippen LogP contribution in [0.15, 0.2) is 65.7 Å². The highest BCUT2D eigenvalue weighted by molar-refractivity contribution is 8.18. The summed E-state index contributed by atoms with van der Waals surface area (Å²) in [4.78, 5) is 36.0. The number of benzene rings is 2. The van der Waals surface area contributed by atoms with Crippen LogP contribution in [-0.4, -0.2) is 21.6 Å². The van der Waals surface area contributed by atoms with Crippen molar-refractivity contribution in [2.45, 2.75) is 13.1 Å². The lowest BCUT2D eigenvalue weighted by Gasteiger charge is -2.07. The van der Waals surface area contributed by atoms with E-state index in [9.17, 15) is 14.4 Å². The van der Waals surface area contributed by atoms with Gasteiger partial charge in [-0.25, -0.2) is 0 Å². The lowest BCUT2D eigenvalue weighted by molar-refractivity contribution is -0.121. The molecule has 0 radical (unpaired) electrons. The topological polar surface area (TPSA) is 80.2 Å². The Kier molecular flexibility index (Phi) is 4.99. The van der Waals surface area contributed by atoms with Crippen molar-refractivity contribution in [3.8, 4) is 0 Å². The van der Waals surface area contributed by atoms with Crippen molar-refractivity contribution in [2.75, 3.05) is 0 Å². The second kappa shape index (κ2) is 7.74. The molecule has 0 unspecified atom stereocenters. The Labute approximate surface area is 165 Å². The number of aromatic nitrogens is 1. The fraction of sp³-hybridized carbons (Fsp3) is 0.0952. The van der Waals surface area contributed by atoms with Gasteiger partial charge in [0.05, 0.1) is 4.91 Å². The number of thioether (sulfide) groups is 1. The molecule has 1 aromatic heterocycles. The lowest BCUT2D eigenvalue weighted by atomic mass is 10.1. The molecule has 28 heavy (non-hydrogen) atoms. The first kappa shape index (κ1) is 18.1. The second-order valence-corrected chi connectivity index (χ2v) is 7.36. The molecule has 0 spiro atoms. The molecule has 1 fully saturated rings. The fourth-order valence-corrected chi connectivity index (χ4v) is 3.76. The molecule has 0 aliphatic carbocycles. The van der Waals surface area contributed by atoms with Crippen LogP contribution in [0, 0.1) is 0 Å². The van der Waals surface area contributed by atoms with Crippen LogP contribution in [-0.2, 0) is 22.7 Å². The average molecular weight is 391 g/mol. The standard InChI is InChI=1S/C21H17N3O3S/c25-19(22-11-14-6-2-1-3-7-14)13-24-12-15(16-8-4-5-9-17(16)24)10-18-20(26)23-21(27)28-18/h1-10,12H,11,13H2,(H,22,25)(H,23,26,27)/b18-10+. The number of imide groups is 1. The molecule has 1 aliphatic rings. The van der Waals surface area contributed by atoms with Crippen molar-refractivity contribution in [3.05, 3.63) is 76.8 Å². The monoisotopic (exact) mass is 391 g/mol. The van der Waals surface area contributed by atoms with Crippen molar-refractivity contribution < 1.29 is 14.4 Å². The third-order valence-corrected chi connectivity index (χ3v) is 5.21. The number of carbonyl (C=O) groups excluding carboxylic acids is 3. The van der Waals surface area contributed by atoms with E-state index >= 15 is 0 Å². The molecular weight excluding hydrogens is 374 g/mol. The van der Waals surface area contributed by atoms with E-state index < -0.39 is 5.91 Å². The Balaban J connectivity index is 1.56. The first-order valence-electron chi connectivity index (χ1n) is 8.73. The van der Waals surface area contributed by atoms with Gasteiger partial charge in [0.1, 0.15) is 6.54 Å². The summed E-state index contributed by atoms with van der Waals surface area (Å²) in [6.07, 6.45) is 3.52. The van der Waals surface area contributed by atoms with Gasteiger partial charge in [0.2, 0.25) is 5.91 Å². The van der Waals surface area contributed by atoms with Crippen molar-refractivity contribution in [2.24, 2.45) is 0 Å². The molecule has 2 aromatic carbocycles. The molecule has 0 saturated carbocycles. The van der Waals surface area contributed by atoms with E-state index in [1.165, 1.54) is 0 Å². The molecule has 3 aromatic rings. The van der Waals surface area contributed by atoms with E-state index in [0.717, 1.165) is 33.8 Å². The summed E-state index contributed by atoms with van der Waals surface area (Å²) in [6.45, 7) is 0.628. The smallest absolute Gasteiger partial charge is 0.290 e. The maximum absolute atomic E-state index is 12.4. The Bertz CT molecular complexity index is 1100. The third kappa shape index (κ3) is 3.84. The normalized spacial score (nSPS) is 15.2. The van der Waals surface area contributed by atoms with Gasteiger partial charge in [-0.2, -0.15) is 0 Å². The number of rotatable bonds is 5. The number of hydrogen-bond donors (Lipinski definition) is 2. The SMILES string of the molecule is O=C(Cn1cc(/C=C2/SC(=O)NC2=O)c2ccccc21)NCc1ccccc1. The summed E-state index contributed by atoms with van der Waals surface area (Å²) in [5, 5.41) is 5.71.